The lowest BCUT2D eigenvalue weighted by Crippen LogP contribution is -2.19. The van der Waals surface area contributed by atoms with E-state index in [2.05, 4.69) is 0 Å². The third-order valence-corrected chi connectivity index (χ3v) is 2.42. The van der Waals surface area contributed by atoms with Crippen LogP contribution in [-0.4, -0.2) is 24.4 Å². The number of hydrogen-bond donors (Lipinski definition) is 1. The molecule has 0 radical (unpaired) electrons. The van der Waals surface area contributed by atoms with Gasteiger partial charge in [-0.1, -0.05) is 0 Å². The molecule has 72 valence electrons. The molecule has 1 N–H and O–H groups in total. The van der Waals surface area contributed by atoms with Gasteiger partial charge in [0.15, 0.2) is 0 Å². The molecule has 0 aromatic carbocycles. The van der Waals surface area contributed by atoms with Gasteiger partial charge in [0, 0.05) is 12.3 Å². The predicted molar refractivity (Wildman–Crippen MR) is 47.5 cm³/mol. The molecule has 2 atom stereocenters. The van der Waals surface area contributed by atoms with Crippen LogP contribution in [0.5, 0.6) is 0 Å². The van der Waals surface area contributed by atoms with Crippen molar-refractivity contribution in [1.29, 1.82) is 0 Å². The first kappa shape index (κ1) is 8.78. The molecule has 1 aromatic rings. The van der Waals surface area contributed by atoms with E-state index < -0.39 is 0 Å². The third-order valence-electron chi connectivity index (χ3n) is 2.42. The van der Waals surface area contributed by atoms with Crippen LogP contribution in [0.3, 0.4) is 0 Å². The van der Waals surface area contributed by atoms with Gasteiger partial charge in [-0.2, -0.15) is 0 Å². The summed E-state index contributed by atoms with van der Waals surface area (Å²) in [5, 5.41) is 9.49. The van der Waals surface area contributed by atoms with E-state index in [0.717, 1.165) is 17.9 Å². The Morgan fingerprint density at radius 2 is 2.31 bits per heavy atom. The number of hydrogen-bond acceptors (Lipinski definition) is 3. The molecule has 0 amide bonds. The van der Waals surface area contributed by atoms with Gasteiger partial charge in [-0.15, -0.1) is 0 Å². The van der Waals surface area contributed by atoms with Crippen LogP contribution in [-0.2, 0) is 11.2 Å². The minimum atomic E-state index is -0.328. The van der Waals surface area contributed by atoms with E-state index in [1.54, 1.807) is 0 Å². The first-order valence-corrected chi connectivity index (χ1v) is 4.57. The maximum Gasteiger partial charge on any atom is 0.104 e. The summed E-state index contributed by atoms with van der Waals surface area (Å²) in [6, 6.07) is 3.90. The Hall–Kier alpha value is -0.800. The molecule has 1 aliphatic heterocycles. The zero-order valence-electron chi connectivity index (χ0n) is 7.69. The SMILES string of the molecule is Cc1ccc(C[C@@H]2COC[C@H]2O)o1. The number of aliphatic hydroxyl groups excluding tert-OH is 1. The molecule has 0 aliphatic carbocycles. The molecule has 1 aromatic heterocycles. The topological polar surface area (TPSA) is 42.6 Å². The molecule has 1 aliphatic rings. The molecule has 1 saturated heterocycles. The van der Waals surface area contributed by atoms with Crippen LogP contribution in [0.15, 0.2) is 16.5 Å². The standard InChI is InChI=1S/C10H14O3/c1-7-2-3-9(13-7)4-8-5-12-6-10(8)11/h2-3,8,10-11H,4-6H2,1H3/t8-,10-/m1/s1. The molecule has 3 nitrogen and oxygen atoms in total. The van der Waals surface area contributed by atoms with Gasteiger partial charge in [-0.05, 0) is 19.1 Å². The largest absolute Gasteiger partial charge is 0.466 e. The van der Waals surface area contributed by atoms with Crippen molar-refractivity contribution in [2.45, 2.75) is 19.4 Å². The Morgan fingerprint density at radius 1 is 1.46 bits per heavy atom. The van der Waals surface area contributed by atoms with Gasteiger partial charge in [0.1, 0.15) is 11.5 Å². The van der Waals surface area contributed by atoms with Crippen molar-refractivity contribution in [3.05, 3.63) is 23.7 Å². The fourth-order valence-electron chi connectivity index (χ4n) is 1.64. The zero-order chi connectivity index (χ0) is 9.26. The summed E-state index contributed by atoms with van der Waals surface area (Å²) in [7, 11) is 0. The molecule has 13 heavy (non-hydrogen) atoms. The maximum absolute atomic E-state index is 9.49. The van der Waals surface area contributed by atoms with Crippen molar-refractivity contribution < 1.29 is 14.3 Å². The minimum absolute atomic E-state index is 0.200. The van der Waals surface area contributed by atoms with Gasteiger partial charge < -0.3 is 14.3 Å². The summed E-state index contributed by atoms with van der Waals surface area (Å²) in [5.74, 6) is 2.06. The van der Waals surface area contributed by atoms with Gasteiger partial charge in [0.05, 0.1) is 19.3 Å². The summed E-state index contributed by atoms with van der Waals surface area (Å²) >= 11 is 0. The van der Waals surface area contributed by atoms with Crippen LogP contribution in [0, 0.1) is 12.8 Å². The van der Waals surface area contributed by atoms with Crippen molar-refractivity contribution >= 4 is 0 Å². The van der Waals surface area contributed by atoms with Crippen LogP contribution in [0.1, 0.15) is 11.5 Å². The average molecular weight is 182 g/mol. The second-order valence-corrected chi connectivity index (χ2v) is 3.58. The molecular formula is C10H14O3. The Bertz CT molecular complexity index is 279. The summed E-state index contributed by atoms with van der Waals surface area (Å²) < 4.78 is 10.6. The summed E-state index contributed by atoms with van der Waals surface area (Å²) in [6.45, 7) is 3.02. The van der Waals surface area contributed by atoms with Crippen LogP contribution < -0.4 is 0 Å². The van der Waals surface area contributed by atoms with Crippen molar-refractivity contribution in [3.63, 3.8) is 0 Å². The highest BCUT2D eigenvalue weighted by Crippen LogP contribution is 2.20. The lowest BCUT2D eigenvalue weighted by molar-refractivity contribution is 0.117. The van der Waals surface area contributed by atoms with Crippen LogP contribution in [0.2, 0.25) is 0 Å². The monoisotopic (exact) mass is 182 g/mol. The van der Waals surface area contributed by atoms with E-state index >= 15 is 0 Å². The molecule has 0 unspecified atom stereocenters. The third kappa shape index (κ3) is 1.92. The van der Waals surface area contributed by atoms with Crippen molar-refractivity contribution in [3.8, 4) is 0 Å². The molecular weight excluding hydrogens is 168 g/mol. The van der Waals surface area contributed by atoms with Crippen molar-refractivity contribution in [2.75, 3.05) is 13.2 Å². The van der Waals surface area contributed by atoms with Gasteiger partial charge in [-0.3, -0.25) is 0 Å². The van der Waals surface area contributed by atoms with E-state index in [4.69, 9.17) is 9.15 Å². The number of aryl methyl sites for hydroxylation is 1. The number of rotatable bonds is 2. The fraction of sp³-hybridized carbons (Fsp3) is 0.600. The van der Waals surface area contributed by atoms with E-state index in [1.165, 1.54) is 0 Å². The first-order chi connectivity index (χ1) is 6.25. The highest BCUT2D eigenvalue weighted by Gasteiger charge is 2.26. The summed E-state index contributed by atoms with van der Waals surface area (Å²) in [6.07, 6.45) is 0.444. The molecule has 0 bridgehead atoms. The number of ether oxygens (including phenoxy) is 1. The predicted octanol–water partition coefficient (Wildman–Crippen LogP) is 1.14. The maximum atomic E-state index is 9.49. The fourth-order valence-corrected chi connectivity index (χ4v) is 1.64. The van der Waals surface area contributed by atoms with Gasteiger partial charge >= 0.3 is 0 Å². The van der Waals surface area contributed by atoms with Gasteiger partial charge in [-0.25, -0.2) is 0 Å². The zero-order valence-corrected chi connectivity index (χ0v) is 7.69. The summed E-state index contributed by atoms with van der Waals surface area (Å²) in [4.78, 5) is 0. The Balaban J connectivity index is 1.97. The Kier molecular flexibility index (Phi) is 2.38. The van der Waals surface area contributed by atoms with Crippen molar-refractivity contribution in [2.24, 2.45) is 5.92 Å². The molecule has 2 rings (SSSR count). The van der Waals surface area contributed by atoms with Crippen LogP contribution in [0.25, 0.3) is 0 Å². The second-order valence-electron chi connectivity index (χ2n) is 3.58. The second kappa shape index (κ2) is 3.52. The van der Waals surface area contributed by atoms with E-state index in [1.807, 2.05) is 19.1 Å². The highest BCUT2D eigenvalue weighted by molar-refractivity contribution is 5.06. The summed E-state index contributed by atoms with van der Waals surface area (Å²) in [5.41, 5.74) is 0. The van der Waals surface area contributed by atoms with Crippen molar-refractivity contribution in [1.82, 2.24) is 0 Å². The lowest BCUT2D eigenvalue weighted by atomic mass is 10.0. The number of furan rings is 1. The van der Waals surface area contributed by atoms with Gasteiger partial charge in [0.25, 0.3) is 0 Å². The van der Waals surface area contributed by atoms with E-state index in [0.29, 0.717) is 13.2 Å². The molecule has 2 heterocycles. The average Bonchev–Trinajstić information content (AvgIpc) is 2.64. The van der Waals surface area contributed by atoms with Gasteiger partial charge in [0.2, 0.25) is 0 Å². The highest BCUT2D eigenvalue weighted by atomic mass is 16.5. The Morgan fingerprint density at radius 3 is 2.85 bits per heavy atom. The van der Waals surface area contributed by atoms with Crippen LogP contribution >= 0.6 is 0 Å². The van der Waals surface area contributed by atoms with Crippen LogP contribution in [0.4, 0.5) is 0 Å². The lowest BCUT2D eigenvalue weighted by Gasteiger charge is -2.09. The van der Waals surface area contributed by atoms with E-state index in [9.17, 15) is 5.11 Å². The normalized spacial score (nSPS) is 28.2. The quantitative estimate of drug-likeness (QED) is 0.745. The Labute approximate surface area is 77.3 Å². The van der Waals surface area contributed by atoms with E-state index in [-0.39, 0.29) is 12.0 Å². The first-order valence-electron chi connectivity index (χ1n) is 4.57. The molecule has 0 spiro atoms. The molecule has 1 fully saturated rings. The molecule has 3 heteroatoms. The number of aliphatic hydroxyl groups is 1. The minimum Gasteiger partial charge on any atom is -0.466 e. The molecule has 0 saturated carbocycles. The smallest absolute Gasteiger partial charge is 0.104 e.